The quantitative estimate of drug-likeness (QED) is 0.811. The van der Waals surface area contributed by atoms with Crippen molar-refractivity contribution in [1.82, 2.24) is 14.9 Å². The topological polar surface area (TPSA) is 32.3 Å². The molecule has 22 heavy (non-hydrogen) atoms. The first-order valence-electron chi connectivity index (χ1n) is 7.24. The van der Waals surface area contributed by atoms with Gasteiger partial charge in [0.2, 0.25) is 0 Å². The van der Waals surface area contributed by atoms with Crippen molar-refractivity contribution in [2.24, 2.45) is 0 Å². The first-order valence-corrected chi connectivity index (χ1v) is 8.85. The van der Waals surface area contributed by atoms with Crippen LogP contribution in [0.3, 0.4) is 0 Å². The standard InChI is InChI=1S/C15H18BrFN4S/c1-10-14(22-11(2)19-10)9-20-3-5-21(6-4-20)15-13(17)7-12(16)8-18-15/h7-8H,3-6,9H2,1-2H3. The molecule has 0 radical (unpaired) electrons. The maximum atomic E-state index is 14.0. The van der Waals surface area contributed by atoms with E-state index in [1.54, 1.807) is 17.5 Å². The summed E-state index contributed by atoms with van der Waals surface area (Å²) < 4.78 is 14.7. The lowest BCUT2D eigenvalue weighted by Gasteiger charge is -2.35. The van der Waals surface area contributed by atoms with Gasteiger partial charge in [-0.05, 0) is 35.8 Å². The van der Waals surface area contributed by atoms with E-state index in [0.717, 1.165) is 43.4 Å². The number of nitrogens with zero attached hydrogens (tertiary/aromatic N) is 4. The molecule has 118 valence electrons. The summed E-state index contributed by atoms with van der Waals surface area (Å²) in [7, 11) is 0. The number of halogens is 2. The summed E-state index contributed by atoms with van der Waals surface area (Å²) in [6.45, 7) is 8.45. The third-order valence-corrected chi connectivity index (χ3v) is 5.32. The van der Waals surface area contributed by atoms with Crippen molar-refractivity contribution in [2.45, 2.75) is 20.4 Å². The molecule has 0 bridgehead atoms. The number of pyridine rings is 1. The van der Waals surface area contributed by atoms with E-state index in [0.29, 0.717) is 10.3 Å². The molecule has 1 aliphatic rings. The third-order valence-electron chi connectivity index (χ3n) is 3.83. The molecule has 0 unspecified atom stereocenters. The SMILES string of the molecule is Cc1nc(C)c(CN2CCN(c3ncc(Br)cc3F)CC2)s1. The lowest BCUT2D eigenvalue weighted by molar-refractivity contribution is 0.250. The van der Waals surface area contributed by atoms with Crippen LogP contribution < -0.4 is 4.90 Å². The first kappa shape index (κ1) is 15.8. The number of anilines is 1. The minimum Gasteiger partial charge on any atom is -0.352 e. The van der Waals surface area contributed by atoms with E-state index < -0.39 is 0 Å². The molecule has 0 N–H and O–H groups in total. The van der Waals surface area contributed by atoms with Gasteiger partial charge in [-0.25, -0.2) is 14.4 Å². The van der Waals surface area contributed by atoms with Crippen LogP contribution in [0.15, 0.2) is 16.7 Å². The fraction of sp³-hybridized carbons (Fsp3) is 0.467. The Bertz CT molecular complexity index is 668. The largest absolute Gasteiger partial charge is 0.352 e. The van der Waals surface area contributed by atoms with Gasteiger partial charge in [0, 0.05) is 48.3 Å². The molecule has 0 atom stereocenters. The Morgan fingerprint density at radius 1 is 1.27 bits per heavy atom. The summed E-state index contributed by atoms with van der Waals surface area (Å²) in [5.41, 5.74) is 1.13. The van der Waals surface area contributed by atoms with Gasteiger partial charge < -0.3 is 4.90 Å². The summed E-state index contributed by atoms with van der Waals surface area (Å²) in [5, 5.41) is 1.12. The number of thiazole rings is 1. The van der Waals surface area contributed by atoms with Crippen LogP contribution in [-0.2, 0) is 6.54 Å². The van der Waals surface area contributed by atoms with Crippen molar-refractivity contribution in [3.05, 3.63) is 38.1 Å². The Hall–Kier alpha value is -1.05. The van der Waals surface area contributed by atoms with Gasteiger partial charge in [0.1, 0.15) is 0 Å². The molecule has 2 aromatic rings. The molecule has 0 aromatic carbocycles. The van der Waals surface area contributed by atoms with Gasteiger partial charge >= 0.3 is 0 Å². The Morgan fingerprint density at radius 3 is 2.59 bits per heavy atom. The summed E-state index contributed by atoms with van der Waals surface area (Å²) in [5.74, 6) is 0.185. The second-order valence-corrected chi connectivity index (χ2v) is 7.67. The molecule has 1 saturated heterocycles. The number of hydrogen-bond donors (Lipinski definition) is 0. The van der Waals surface area contributed by atoms with E-state index in [4.69, 9.17) is 0 Å². The highest BCUT2D eigenvalue weighted by Gasteiger charge is 2.21. The van der Waals surface area contributed by atoms with Crippen molar-refractivity contribution in [2.75, 3.05) is 31.1 Å². The van der Waals surface area contributed by atoms with Crippen LogP contribution >= 0.6 is 27.3 Å². The van der Waals surface area contributed by atoms with Crippen molar-refractivity contribution in [3.8, 4) is 0 Å². The van der Waals surface area contributed by atoms with Gasteiger partial charge in [-0.2, -0.15) is 0 Å². The van der Waals surface area contributed by atoms with Crippen LogP contribution in [0.4, 0.5) is 10.2 Å². The Morgan fingerprint density at radius 2 is 2.00 bits per heavy atom. The highest BCUT2D eigenvalue weighted by molar-refractivity contribution is 9.10. The normalized spacial score (nSPS) is 16.3. The lowest BCUT2D eigenvalue weighted by Crippen LogP contribution is -2.46. The summed E-state index contributed by atoms with van der Waals surface area (Å²) in [6, 6.07) is 1.47. The Balaban J connectivity index is 1.61. The highest BCUT2D eigenvalue weighted by Crippen LogP contribution is 2.23. The van der Waals surface area contributed by atoms with E-state index in [1.807, 2.05) is 11.8 Å². The Kier molecular flexibility index (Phi) is 4.75. The fourth-order valence-corrected chi connectivity index (χ4v) is 3.96. The van der Waals surface area contributed by atoms with E-state index in [1.165, 1.54) is 10.9 Å². The molecule has 3 heterocycles. The van der Waals surface area contributed by atoms with Crippen LogP contribution in [0.5, 0.6) is 0 Å². The highest BCUT2D eigenvalue weighted by atomic mass is 79.9. The van der Waals surface area contributed by atoms with Gasteiger partial charge in [-0.15, -0.1) is 11.3 Å². The van der Waals surface area contributed by atoms with Gasteiger partial charge in [0.05, 0.1) is 10.7 Å². The molecule has 1 aliphatic heterocycles. The van der Waals surface area contributed by atoms with Crippen LogP contribution in [0, 0.1) is 19.7 Å². The molecule has 3 rings (SSSR count). The molecule has 0 amide bonds. The second-order valence-electron chi connectivity index (χ2n) is 5.46. The average Bonchev–Trinajstić information content (AvgIpc) is 2.78. The molecule has 7 heteroatoms. The molecular formula is C15H18BrFN4S. The monoisotopic (exact) mass is 384 g/mol. The fourth-order valence-electron chi connectivity index (χ4n) is 2.68. The zero-order chi connectivity index (χ0) is 15.7. The van der Waals surface area contributed by atoms with Gasteiger partial charge in [-0.3, -0.25) is 4.90 Å². The third kappa shape index (κ3) is 3.47. The summed E-state index contributed by atoms with van der Waals surface area (Å²) in [4.78, 5) is 14.4. The van der Waals surface area contributed by atoms with Crippen LogP contribution in [-0.4, -0.2) is 41.0 Å². The maximum Gasteiger partial charge on any atom is 0.166 e. The zero-order valence-corrected chi connectivity index (χ0v) is 15.0. The zero-order valence-electron chi connectivity index (χ0n) is 12.6. The summed E-state index contributed by atoms with van der Waals surface area (Å²) >= 11 is 5.01. The molecule has 0 spiro atoms. The minimum atomic E-state index is -0.267. The van der Waals surface area contributed by atoms with Gasteiger partial charge in [0.15, 0.2) is 11.6 Å². The minimum absolute atomic E-state index is 0.267. The molecule has 1 fully saturated rings. The van der Waals surface area contributed by atoms with Crippen LogP contribution in [0.2, 0.25) is 0 Å². The number of aryl methyl sites for hydroxylation is 2. The van der Waals surface area contributed by atoms with Crippen LogP contribution in [0.1, 0.15) is 15.6 Å². The molecule has 0 aliphatic carbocycles. The summed E-state index contributed by atoms with van der Waals surface area (Å²) in [6.07, 6.45) is 1.65. The first-order chi connectivity index (χ1) is 10.5. The predicted molar refractivity (Wildman–Crippen MR) is 91.0 cm³/mol. The van der Waals surface area contributed by atoms with E-state index >= 15 is 0 Å². The second kappa shape index (κ2) is 6.60. The number of piperazine rings is 1. The molecule has 2 aromatic heterocycles. The number of hydrogen-bond acceptors (Lipinski definition) is 5. The smallest absolute Gasteiger partial charge is 0.166 e. The van der Waals surface area contributed by atoms with Crippen molar-refractivity contribution in [3.63, 3.8) is 0 Å². The van der Waals surface area contributed by atoms with Crippen LogP contribution in [0.25, 0.3) is 0 Å². The van der Waals surface area contributed by atoms with Crippen molar-refractivity contribution in [1.29, 1.82) is 0 Å². The lowest BCUT2D eigenvalue weighted by atomic mass is 10.2. The van der Waals surface area contributed by atoms with E-state index in [-0.39, 0.29) is 5.82 Å². The Labute approximate surface area is 142 Å². The molecule has 0 saturated carbocycles. The number of aromatic nitrogens is 2. The van der Waals surface area contributed by atoms with Crippen molar-refractivity contribution < 1.29 is 4.39 Å². The molecular weight excluding hydrogens is 367 g/mol. The van der Waals surface area contributed by atoms with E-state index in [2.05, 4.69) is 37.7 Å². The predicted octanol–water partition coefficient (Wildman–Crippen LogP) is 3.38. The van der Waals surface area contributed by atoms with Crippen molar-refractivity contribution >= 4 is 33.1 Å². The maximum absolute atomic E-state index is 14.0. The average molecular weight is 385 g/mol. The van der Waals surface area contributed by atoms with Gasteiger partial charge in [0.25, 0.3) is 0 Å². The number of rotatable bonds is 3. The molecule has 4 nitrogen and oxygen atoms in total. The van der Waals surface area contributed by atoms with Gasteiger partial charge in [-0.1, -0.05) is 0 Å². The van der Waals surface area contributed by atoms with E-state index in [9.17, 15) is 4.39 Å².